The minimum atomic E-state index is 0. The molecule has 0 aliphatic heterocycles. The summed E-state index contributed by atoms with van der Waals surface area (Å²) in [7, 11) is 0. The first kappa shape index (κ1) is 15.6. The van der Waals surface area contributed by atoms with Crippen molar-refractivity contribution in [3.63, 3.8) is 0 Å². The average Bonchev–Trinajstić information content (AvgIpc) is 1.37. The quantitative estimate of drug-likeness (QED) is 0.401. The van der Waals surface area contributed by atoms with Gasteiger partial charge in [-0.25, -0.2) is 0 Å². The third kappa shape index (κ3) is 17.3. The third-order valence-electron chi connectivity index (χ3n) is 0.224. The van der Waals surface area contributed by atoms with Gasteiger partial charge in [0, 0.05) is 29.6 Å². The summed E-state index contributed by atoms with van der Waals surface area (Å²) in [6.07, 6.45) is 1.18. The van der Waals surface area contributed by atoms with Crippen LogP contribution < -0.4 is 0 Å². The van der Waals surface area contributed by atoms with Crippen molar-refractivity contribution in [3.05, 3.63) is 0 Å². The molecule has 1 radical (unpaired) electrons. The maximum Gasteiger partial charge on any atom is 0 e. The molecule has 0 saturated carbocycles. The molecule has 0 rings (SSSR count). The van der Waals surface area contributed by atoms with E-state index in [0.717, 1.165) is 5.75 Å². The topological polar surface area (TPSA) is 0 Å². The molecule has 0 bridgehead atoms. The van der Waals surface area contributed by atoms with Crippen molar-refractivity contribution < 1.29 is 0 Å². The van der Waals surface area contributed by atoms with Gasteiger partial charge in [-0.05, 0) is 12.2 Å². The summed E-state index contributed by atoms with van der Waals surface area (Å²) in [6.45, 7) is 2.10. The van der Waals surface area contributed by atoms with E-state index in [0.29, 0.717) is 0 Å². The molecule has 6 heavy (non-hydrogen) atoms. The summed E-state index contributed by atoms with van der Waals surface area (Å²) >= 11 is 3.92. The van der Waals surface area contributed by atoms with Gasteiger partial charge in [-0.2, -0.15) is 26.1 Å². The number of hydrogen-bond acceptors (Lipinski definition) is 1. The standard InChI is InChI=1S/C3H8S.Na.H2S/c1-2-3-4;;/h4H,2-3H2,1H3;;1H2. The van der Waals surface area contributed by atoms with Gasteiger partial charge in [0.25, 0.3) is 0 Å². The van der Waals surface area contributed by atoms with Crippen molar-refractivity contribution >= 4 is 55.7 Å². The van der Waals surface area contributed by atoms with Crippen LogP contribution in [0.5, 0.6) is 0 Å². The van der Waals surface area contributed by atoms with E-state index in [1.165, 1.54) is 6.42 Å². The second-order valence-electron chi connectivity index (χ2n) is 0.724. The molecule has 0 aliphatic rings. The molecule has 0 N–H and O–H groups in total. The van der Waals surface area contributed by atoms with Gasteiger partial charge in [0.15, 0.2) is 0 Å². The molecular formula is C3H10NaS2. The maximum absolute atomic E-state index is 3.92. The summed E-state index contributed by atoms with van der Waals surface area (Å²) < 4.78 is 0. The Morgan fingerprint density at radius 2 is 1.67 bits per heavy atom. The van der Waals surface area contributed by atoms with Crippen LogP contribution in [0.1, 0.15) is 13.3 Å². The summed E-state index contributed by atoms with van der Waals surface area (Å²) in [5, 5.41) is 0. The molecule has 0 amide bonds. The van der Waals surface area contributed by atoms with E-state index in [1.54, 1.807) is 0 Å². The molecule has 0 aliphatic carbocycles. The molecule has 0 aromatic heterocycles. The van der Waals surface area contributed by atoms with E-state index in [-0.39, 0.29) is 43.1 Å². The van der Waals surface area contributed by atoms with Crippen LogP contribution in [0, 0.1) is 0 Å². The van der Waals surface area contributed by atoms with Crippen molar-refractivity contribution in [2.75, 3.05) is 5.75 Å². The molecule has 0 aromatic rings. The Labute approximate surface area is 74.2 Å². The fraction of sp³-hybridized carbons (Fsp3) is 1.00. The van der Waals surface area contributed by atoms with Gasteiger partial charge in [-0.15, -0.1) is 0 Å². The molecule has 0 saturated heterocycles. The van der Waals surface area contributed by atoms with Crippen molar-refractivity contribution in [2.45, 2.75) is 13.3 Å². The molecule has 0 heterocycles. The molecule has 0 atom stereocenters. The average molecular weight is 133 g/mol. The first-order chi connectivity index (χ1) is 1.91. The van der Waals surface area contributed by atoms with Gasteiger partial charge in [-0.1, -0.05) is 6.92 Å². The monoisotopic (exact) mass is 133 g/mol. The van der Waals surface area contributed by atoms with Crippen LogP contribution in [-0.4, -0.2) is 35.3 Å². The van der Waals surface area contributed by atoms with Crippen LogP contribution in [-0.2, 0) is 0 Å². The predicted molar refractivity (Wildman–Crippen MR) is 40.3 cm³/mol. The molecule has 0 fully saturated rings. The Kier molecular flexibility index (Phi) is 41.5. The van der Waals surface area contributed by atoms with Crippen LogP contribution in [0.4, 0.5) is 0 Å². The van der Waals surface area contributed by atoms with Crippen molar-refractivity contribution in [2.24, 2.45) is 0 Å². The van der Waals surface area contributed by atoms with Crippen molar-refractivity contribution in [1.82, 2.24) is 0 Å². The Bertz CT molecular complexity index is 10.8. The zero-order valence-corrected chi connectivity index (χ0v) is 8.26. The molecular weight excluding hydrogens is 123 g/mol. The molecule has 0 spiro atoms. The molecule has 3 heteroatoms. The van der Waals surface area contributed by atoms with E-state index in [1.807, 2.05) is 0 Å². The zero-order valence-electron chi connectivity index (χ0n) is 4.36. The third-order valence-corrected chi connectivity index (χ3v) is 0.671. The SMILES string of the molecule is CCCS.S.[Na]. The van der Waals surface area contributed by atoms with Gasteiger partial charge >= 0.3 is 0 Å². The molecule has 0 nitrogen and oxygen atoms in total. The van der Waals surface area contributed by atoms with Crippen molar-refractivity contribution in [1.29, 1.82) is 0 Å². The van der Waals surface area contributed by atoms with E-state index >= 15 is 0 Å². The smallest absolute Gasteiger partial charge is 0 e. The van der Waals surface area contributed by atoms with Gasteiger partial charge in [-0.3, -0.25) is 0 Å². The summed E-state index contributed by atoms with van der Waals surface area (Å²) in [5.74, 6) is 1.01. The van der Waals surface area contributed by atoms with Crippen LogP contribution >= 0.6 is 26.1 Å². The fourth-order valence-electron chi connectivity index (χ4n) is 0. The van der Waals surface area contributed by atoms with Crippen LogP contribution in [0.25, 0.3) is 0 Å². The summed E-state index contributed by atoms with van der Waals surface area (Å²) in [4.78, 5) is 0. The number of rotatable bonds is 1. The minimum Gasteiger partial charge on any atom is -0.197 e. The van der Waals surface area contributed by atoms with E-state index in [9.17, 15) is 0 Å². The Morgan fingerprint density at radius 3 is 1.67 bits per heavy atom. The molecule has 0 unspecified atom stereocenters. The van der Waals surface area contributed by atoms with E-state index in [4.69, 9.17) is 0 Å². The predicted octanol–water partition coefficient (Wildman–Crippen LogP) is 1.06. The van der Waals surface area contributed by atoms with Gasteiger partial charge in [0.1, 0.15) is 0 Å². The minimum absolute atomic E-state index is 0. The van der Waals surface area contributed by atoms with Crippen LogP contribution in [0.3, 0.4) is 0 Å². The summed E-state index contributed by atoms with van der Waals surface area (Å²) in [6, 6.07) is 0. The van der Waals surface area contributed by atoms with Gasteiger partial charge in [0.05, 0.1) is 0 Å². The largest absolute Gasteiger partial charge is 0.197 e. The van der Waals surface area contributed by atoms with E-state index in [2.05, 4.69) is 19.6 Å². The van der Waals surface area contributed by atoms with E-state index < -0.39 is 0 Å². The fourth-order valence-corrected chi connectivity index (χ4v) is 0. The Hall–Kier alpha value is 1.70. The first-order valence-corrected chi connectivity index (χ1v) is 2.16. The van der Waals surface area contributed by atoms with Crippen molar-refractivity contribution in [3.8, 4) is 0 Å². The normalized spacial score (nSPS) is 5.00. The Balaban J connectivity index is -0.0000000450. The Morgan fingerprint density at radius 1 is 1.50 bits per heavy atom. The number of hydrogen-bond donors (Lipinski definition) is 1. The second kappa shape index (κ2) is 15.9. The molecule has 35 valence electrons. The second-order valence-corrected chi connectivity index (χ2v) is 1.17. The van der Waals surface area contributed by atoms with Crippen LogP contribution in [0.2, 0.25) is 0 Å². The number of thiol groups is 1. The molecule has 0 aromatic carbocycles. The van der Waals surface area contributed by atoms with Gasteiger partial charge < -0.3 is 0 Å². The first-order valence-electron chi connectivity index (χ1n) is 1.52. The summed E-state index contributed by atoms with van der Waals surface area (Å²) in [5.41, 5.74) is 0. The van der Waals surface area contributed by atoms with Crippen LogP contribution in [0.15, 0.2) is 0 Å². The maximum atomic E-state index is 3.92. The zero-order chi connectivity index (χ0) is 3.41. The van der Waals surface area contributed by atoms with Gasteiger partial charge in [0.2, 0.25) is 0 Å².